The van der Waals surface area contributed by atoms with Gasteiger partial charge in [0.15, 0.2) is 0 Å². The molecule has 23 heavy (non-hydrogen) atoms. The summed E-state index contributed by atoms with van der Waals surface area (Å²) in [5.74, 6) is 0.548. The summed E-state index contributed by atoms with van der Waals surface area (Å²) in [4.78, 5) is 10.6. The summed E-state index contributed by atoms with van der Waals surface area (Å²) in [5, 5.41) is 20.5. The number of rotatable bonds is 8. The molecule has 0 unspecified atom stereocenters. The van der Waals surface area contributed by atoms with Crippen molar-refractivity contribution < 1.29 is 29.2 Å². The number of methoxy groups -OCH3 is 1. The first-order chi connectivity index (χ1) is 11.1. The lowest BCUT2D eigenvalue weighted by molar-refractivity contribution is -0.255. The van der Waals surface area contributed by atoms with Crippen molar-refractivity contribution in [3.63, 3.8) is 0 Å². The van der Waals surface area contributed by atoms with E-state index in [-0.39, 0.29) is 18.8 Å². The first-order valence-corrected chi connectivity index (χ1v) is 6.97. The zero-order valence-electron chi connectivity index (χ0n) is 12.6. The van der Waals surface area contributed by atoms with Gasteiger partial charge in [0.05, 0.1) is 13.1 Å². The average molecular weight is 317 g/mol. The van der Waals surface area contributed by atoms with Crippen LogP contribution in [0.15, 0.2) is 48.5 Å². The first-order valence-electron chi connectivity index (χ1n) is 6.97. The molecule has 0 saturated heterocycles. The lowest BCUT2D eigenvalue weighted by Crippen LogP contribution is -2.25. The van der Waals surface area contributed by atoms with Crippen LogP contribution in [0.3, 0.4) is 0 Å². The van der Waals surface area contributed by atoms with Gasteiger partial charge in [-0.05, 0) is 54.1 Å². The molecular formula is C17H17O6-. The number of carboxylic acid groups (broad SMARTS) is 1. The Labute approximate surface area is 133 Å². The zero-order chi connectivity index (χ0) is 16.7. The van der Waals surface area contributed by atoms with Crippen molar-refractivity contribution in [3.8, 4) is 17.2 Å². The van der Waals surface area contributed by atoms with Gasteiger partial charge in [-0.15, -0.1) is 0 Å². The van der Waals surface area contributed by atoms with Gasteiger partial charge >= 0.3 is 0 Å². The molecule has 6 heteroatoms. The summed E-state index contributed by atoms with van der Waals surface area (Å²) in [6, 6.07) is 12.8. The second-order valence-electron chi connectivity index (χ2n) is 4.76. The molecule has 2 aromatic rings. The van der Waals surface area contributed by atoms with Crippen LogP contribution < -0.4 is 19.3 Å². The van der Waals surface area contributed by atoms with Gasteiger partial charge in [0.1, 0.15) is 36.6 Å². The van der Waals surface area contributed by atoms with Crippen LogP contribution in [0.4, 0.5) is 0 Å². The zero-order valence-corrected chi connectivity index (χ0v) is 12.6. The number of hydrogen-bond donors (Lipinski definition) is 1. The fourth-order valence-corrected chi connectivity index (χ4v) is 1.79. The van der Waals surface area contributed by atoms with Crippen LogP contribution in [0.5, 0.6) is 17.2 Å². The lowest BCUT2D eigenvalue weighted by Gasteiger charge is -2.14. The van der Waals surface area contributed by atoms with Crippen molar-refractivity contribution in [1.82, 2.24) is 0 Å². The van der Waals surface area contributed by atoms with Gasteiger partial charge < -0.3 is 29.2 Å². The maximum absolute atomic E-state index is 10.6. The monoisotopic (exact) mass is 317 g/mol. The molecule has 2 rings (SSSR count). The molecule has 1 N–H and O–H groups in total. The van der Waals surface area contributed by atoms with Gasteiger partial charge in [-0.1, -0.05) is 0 Å². The van der Waals surface area contributed by atoms with E-state index in [4.69, 9.17) is 14.2 Å². The van der Waals surface area contributed by atoms with Crippen molar-refractivity contribution in [1.29, 1.82) is 0 Å². The van der Waals surface area contributed by atoms with E-state index in [1.54, 1.807) is 31.4 Å². The Balaban J connectivity index is 1.75. The molecule has 0 heterocycles. The highest BCUT2D eigenvalue weighted by molar-refractivity contribution is 5.85. The quantitative estimate of drug-likeness (QED) is 0.777. The Bertz CT molecular complexity index is 621. The summed E-state index contributed by atoms with van der Waals surface area (Å²) in [5.41, 5.74) is 0.0701. The molecule has 0 fully saturated rings. The van der Waals surface area contributed by atoms with Crippen LogP contribution >= 0.6 is 0 Å². The Morgan fingerprint density at radius 3 is 1.83 bits per heavy atom. The largest absolute Gasteiger partial charge is 0.545 e. The Morgan fingerprint density at radius 1 is 0.957 bits per heavy atom. The van der Waals surface area contributed by atoms with E-state index in [2.05, 4.69) is 0 Å². The molecule has 0 bridgehead atoms. The number of aliphatic hydroxyl groups is 1. The molecule has 2 aromatic carbocycles. The van der Waals surface area contributed by atoms with Crippen molar-refractivity contribution >= 4 is 5.97 Å². The average Bonchev–Trinajstić information content (AvgIpc) is 2.59. The highest BCUT2D eigenvalue weighted by Crippen LogP contribution is 2.17. The van der Waals surface area contributed by atoms with E-state index >= 15 is 0 Å². The van der Waals surface area contributed by atoms with E-state index < -0.39 is 12.1 Å². The van der Waals surface area contributed by atoms with E-state index in [9.17, 15) is 15.0 Å². The molecular weight excluding hydrogens is 300 g/mol. The normalized spacial score (nSPS) is 11.6. The Hall–Kier alpha value is -2.73. The minimum atomic E-state index is -1.25. The third-order valence-electron chi connectivity index (χ3n) is 3.03. The Morgan fingerprint density at radius 2 is 1.39 bits per heavy atom. The molecule has 0 saturated carbocycles. The summed E-state index contributed by atoms with van der Waals surface area (Å²) in [6.07, 6.45) is -0.821. The first kappa shape index (κ1) is 16.6. The molecule has 0 aliphatic heterocycles. The third-order valence-corrected chi connectivity index (χ3v) is 3.03. The van der Waals surface area contributed by atoms with Gasteiger partial charge in [0.25, 0.3) is 0 Å². The minimum absolute atomic E-state index is 0.0286. The van der Waals surface area contributed by atoms with Crippen LogP contribution in [0.2, 0.25) is 0 Å². The van der Waals surface area contributed by atoms with Crippen molar-refractivity contribution in [2.75, 3.05) is 20.3 Å². The molecule has 0 aliphatic carbocycles. The summed E-state index contributed by atoms with van der Waals surface area (Å²) < 4.78 is 15.8. The van der Waals surface area contributed by atoms with Gasteiger partial charge in [-0.2, -0.15) is 0 Å². The third kappa shape index (κ3) is 5.19. The van der Waals surface area contributed by atoms with Crippen LogP contribution in [0, 0.1) is 0 Å². The van der Waals surface area contributed by atoms with E-state index in [0.29, 0.717) is 11.5 Å². The SMILES string of the molecule is COc1ccc(OC[C@H](O)COc2ccc(C(=O)[O-])cc2)cc1. The number of aromatic carboxylic acids is 1. The number of carbonyl (C=O) groups is 1. The molecule has 0 aromatic heterocycles. The molecule has 0 spiro atoms. The van der Waals surface area contributed by atoms with Crippen LogP contribution in [-0.4, -0.2) is 37.5 Å². The number of ether oxygens (including phenoxy) is 3. The summed E-state index contributed by atoms with van der Waals surface area (Å²) in [7, 11) is 1.58. The maximum Gasteiger partial charge on any atom is 0.122 e. The maximum atomic E-state index is 10.6. The molecule has 0 radical (unpaired) electrons. The predicted molar refractivity (Wildman–Crippen MR) is 80.8 cm³/mol. The standard InChI is InChI=1S/C17H18O6/c1-21-14-6-8-16(9-7-14)23-11-13(18)10-22-15-4-2-12(3-5-15)17(19)20/h2-9,13,18H,10-11H2,1H3,(H,19,20)/p-1/t13-/m1/s1. The second-order valence-corrected chi connectivity index (χ2v) is 4.76. The van der Waals surface area contributed by atoms with Gasteiger partial charge in [0.2, 0.25) is 0 Å². The number of hydrogen-bond acceptors (Lipinski definition) is 6. The lowest BCUT2D eigenvalue weighted by atomic mass is 10.2. The van der Waals surface area contributed by atoms with Crippen LogP contribution in [0.1, 0.15) is 10.4 Å². The van der Waals surface area contributed by atoms with Gasteiger partial charge in [-0.3, -0.25) is 0 Å². The number of aliphatic hydroxyl groups excluding tert-OH is 1. The molecule has 6 nitrogen and oxygen atoms in total. The second kappa shape index (κ2) is 8.05. The smallest absolute Gasteiger partial charge is 0.122 e. The number of benzene rings is 2. The van der Waals surface area contributed by atoms with Gasteiger partial charge in [-0.25, -0.2) is 0 Å². The highest BCUT2D eigenvalue weighted by atomic mass is 16.5. The fraction of sp³-hybridized carbons (Fsp3) is 0.235. The van der Waals surface area contributed by atoms with Crippen molar-refractivity contribution in [2.24, 2.45) is 0 Å². The van der Waals surface area contributed by atoms with Crippen molar-refractivity contribution in [2.45, 2.75) is 6.10 Å². The number of carboxylic acids is 1. The highest BCUT2D eigenvalue weighted by Gasteiger charge is 2.07. The van der Waals surface area contributed by atoms with Gasteiger partial charge in [0, 0.05) is 0 Å². The summed E-state index contributed by atoms with van der Waals surface area (Å²) in [6.45, 7) is 0.101. The van der Waals surface area contributed by atoms with E-state index in [0.717, 1.165) is 5.75 Å². The minimum Gasteiger partial charge on any atom is -0.545 e. The van der Waals surface area contributed by atoms with E-state index in [1.807, 2.05) is 0 Å². The molecule has 0 aliphatic rings. The molecule has 1 atom stereocenters. The fourth-order valence-electron chi connectivity index (χ4n) is 1.79. The Kier molecular flexibility index (Phi) is 5.82. The van der Waals surface area contributed by atoms with E-state index in [1.165, 1.54) is 24.3 Å². The predicted octanol–water partition coefficient (Wildman–Crippen LogP) is 0.877. The van der Waals surface area contributed by atoms with Crippen LogP contribution in [-0.2, 0) is 0 Å². The topological polar surface area (TPSA) is 88.1 Å². The summed E-state index contributed by atoms with van der Waals surface area (Å²) >= 11 is 0. The number of carbonyl (C=O) groups excluding carboxylic acids is 1. The molecule has 122 valence electrons. The van der Waals surface area contributed by atoms with Crippen molar-refractivity contribution in [3.05, 3.63) is 54.1 Å². The van der Waals surface area contributed by atoms with Crippen LogP contribution in [0.25, 0.3) is 0 Å². The molecule has 0 amide bonds.